The SMILES string of the molecule is CCN(CC)c1ccc(NC(=O)CN2CCN(c3ccccc3F)CC2)c(C)c1. The lowest BCUT2D eigenvalue weighted by Gasteiger charge is -2.35. The average Bonchev–Trinajstić information content (AvgIpc) is 2.72. The van der Waals surface area contributed by atoms with Crippen molar-refractivity contribution in [1.82, 2.24) is 4.90 Å². The van der Waals surface area contributed by atoms with Gasteiger partial charge in [-0.1, -0.05) is 12.1 Å². The van der Waals surface area contributed by atoms with Gasteiger partial charge in [-0.2, -0.15) is 0 Å². The van der Waals surface area contributed by atoms with Gasteiger partial charge in [0.05, 0.1) is 12.2 Å². The number of hydrogen-bond donors (Lipinski definition) is 1. The molecule has 2 aromatic carbocycles. The van der Waals surface area contributed by atoms with Crippen LogP contribution in [0.4, 0.5) is 21.5 Å². The van der Waals surface area contributed by atoms with Crippen molar-refractivity contribution in [3.8, 4) is 0 Å². The number of halogens is 1. The van der Waals surface area contributed by atoms with Crippen molar-refractivity contribution in [2.45, 2.75) is 20.8 Å². The highest BCUT2D eigenvalue weighted by atomic mass is 19.1. The molecule has 6 heteroatoms. The van der Waals surface area contributed by atoms with E-state index in [1.807, 2.05) is 30.0 Å². The fourth-order valence-corrected chi connectivity index (χ4v) is 3.82. The van der Waals surface area contributed by atoms with Crippen LogP contribution < -0.4 is 15.1 Å². The average molecular weight is 399 g/mol. The normalized spacial score (nSPS) is 14.7. The smallest absolute Gasteiger partial charge is 0.238 e. The summed E-state index contributed by atoms with van der Waals surface area (Å²) in [5.41, 5.74) is 3.73. The number of carbonyl (C=O) groups excluding carboxylic acids is 1. The number of anilines is 3. The van der Waals surface area contributed by atoms with Crippen molar-refractivity contribution in [2.24, 2.45) is 0 Å². The number of nitrogens with zero attached hydrogens (tertiary/aromatic N) is 3. The van der Waals surface area contributed by atoms with Gasteiger partial charge in [-0.25, -0.2) is 4.39 Å². The number of hydrogen-bond acceptors (Lipinski definition) is 4. The van der Waals surface area contributed by atoms with E-state index in [1.165, 1.54) is 11.8 Å². The van der Waals surface area contributed by atoms with Crippen molar-refractivity contribution in [2.75, 3.05) is 60.9 Å². The molecule has 0 aliphatic carbocycles. The zero-order chi connectivity index (χ0) is 20.8. The minimum atomic E-state index is -0.192. The zero-order valence-corrected chi connectivity index (χ0v) is 17.6. The van der Waals surface area contributed by atoms with Crippen LogP contribution in [0.1, 0.15) is 19.4 Å². The molecule has 0 atom stereocenters. The van der Waals surface area contributed by atoms with Gasteiger partial charge >= 0.3 is 0 Å². The maximum atomic E-state index is 14.0. The van der Waals surface area contributed by atoms with Crippen LogP contribution in [0.3, 0.4) is 0 Å². The van der Waals surface area contributed by atoms with Crippen LogP contribution in [0.15, 0.2) is 42.5 Å². The summed E-state index contributed by atoms with van der Waals surface area (Å²) in [4.78, 5) is 19.0. The molecule has 2 aromatic rings. The quantitative estimate of drug-likeness (QED) is 0.771. The van der Waals surface area contributed by atoms with Crippen molar-refractivity contribution < 1.29 is 9.18 Å². The Kier molecular flexibility index (Phi) is 7.09. The highest BCUT2D eigenvalue weighted by molar-refractivity contribution is 5.93. The summed E-state index contributed by atoms with van der Waals surface area (Å²) in [5.74, 6) is -0.203. The summed E-state index contributed by atoms with van der Waals surface area (Å²) in [5, 5.41) is 3.04. The van der Waals surface area contributed by atoms with Crippen molar-refractivity contribution >= 4 is 23.0 Å². The topological polar surface area (TPSA) is 38.8 Å². The Bertz CT molecular complexity index is 829. The molecule has 156 valence electrons. The minimum absolute atomic E-state index is 0.0111. The van der Waals surface area contributed by atoms with E-state index in [4.69, 9.17) is 0 Å². The van der Waals surface area contributed by atoms with Crippen LogP contribution in [0.25, 0.3) is 0 Å². The molecule has 0 aromatic heterocycles. The second-order valence-corrected chi connectivity index (χ2v) is 7.43. The molecule has 1 heterocycles. The molecule has 1 aliphatic rings. The van der Waals surface area contributed by atoms with Crippen LogP contribution in [0.5, 0.6) is 0 Å². The fraction of sp³-hybridized carbons (Fsp3) is 0.435. The van der Waals surface area contributed by atoms with E-state index in [1.54, 1.807) is 6.07 Å². The maximum absolute atomic E-state index is 14.0. The lowest BCUT2D eigenvalue weighted by atomic mass is 10.1. The highest BCUT2D eigenvalue weighted by Gasteiger charge is 2.21. The van der Waals surface area contributed by atoms with E-state index in [0.29, 0.717) is 25.3 Å². The second-order valence-electron chi connectivity index (χ2n) is 7.43. The number of para-hydroxylation sites is 1. The number of rotatable bonds is 7. The van der Waals surface area contributed by atoms with E-state index in [0.717, 1.165) is 37.4 Å². The zero-order valence-electron chi connectivity index (χ0n) is 17.6. The van der Waals surface area contributed by atoms with Gasteiger partial charge in [0.25, 0.3) is 0 Å². The molecule has 5 nitrogen and oxygen atoms in total. The van der Waals surface area contributed by atoms with Gasteiger partial charge in [0.2, 0.25) is 5.91 Å². The van der Waals surface area contributed by atoms with Crippen molar-refractivity contribution in [1.29, 1.82) is 0 Å². The second kappa shape index (κ2) is 9.74. The molecule has 1 saturated heterocycles. The van der Waals surface area contributed by atoms with Gasteiger partial charge < -0.3 is 15.1 Å². The van der Waals surface area contributed by atoms with E-state index in [9.17, 15) is 9.18 Å². The Balaban J connectivity index is 1.52. The van der Waals surface area contributed by atoms with E-state index in [2.05, 4.69) is 41.1 Å². The fourth-order valence-electron chi connectivity index (χ4n) is 3.82. The van der Waals surface area contributed by atoms with Crippen molar-refractivity contribution in [3.63, 3.8) is 0 Å². The third-order valence-corrected chi connectivity index (χ3v) is 5.55. The first-order chi connectivity index (χ1) is 14.0. The third kappa shape index (κ3) is 5.26. The van der Waals surface area contributed by atoms with Crippen LogP contribution in [-0.2, 0) is 4.79 Å². The number of carbonyl (C=O) groups is 1. The van der Waals surface area contributed by atoms with Gasteiger partial charge in [-0.3, -0.25) is 9.69 Å². The van der Waals surface area contributed by atoms with Gasteiger partial charge in [-0.15, -0.1) is 0 Å². The van der Waals surface area contributed by atoms with Crippen molar-refractivity contribution in [3.05, 3.63) is 53.8 Å². The summed E-state index contributed by atoms with van der Waals surface area (Å²) < 4.78 is 14.0. The van der Waals surface area contributed by atoms with Crippen LogP contribution in [-0.4, -0.2) is 56.6 Å². The number of aryl methyl sites for hydroxylation is 1. The van der Waals surface area contributed by atoms with E-state index < -0.39 is 0 Å². The first-order valence-corrected chi connectivity index (χ1v) is 10.4. The van der Waals surface area contributed by atoms with Crippen LogP contribution in [0, 0.1) is 12.7 Å². The largest absolute Gasteiger partial charge is 0.372 e. The molecule has 0 radical (unpaired) electrons. The first-order valence-electron chi connectivity index (χ1n) is 10.4. The Morgan fingerprint density at radius 2 is 1.76 bits per heavy atom. The lowest BCUT2D eigenvalue weighted by Crippen LogP contribution is -2.48. The van der Waals surface area contributed by atoms with Gasteiger partial charge in [-0.05, 0) is 56.7 Å². The van der Waals surface area contributed by atoms with Gasteiger partial charge in [0, 0.05) is 50.6 Å². The highest BCUT2D eigenvalue weighted by Crippen LogP contribution is 2.23. The summed E-state index contributed by atoms with van der Waals surface area (Å²) in [6, 6.07) is 13.0. The summed E-state index contributed by atoms with van der Waals surface area (Å²) in [6.07, 6.45) is 0. The molecule has 1 fully saturated rings. The maximum Gasteiger partial charge on any atom is 0.238 e. The molecule has 29 heavy (non-hydrogen) atoms. The summed E-state index contributed by atoms with van der Waals surface area (Å²) in [7, 11) is 0. The predicted molar refractivity (Wildman–Crippen MR) is 118 cm³/mol. The summed E-state index contributed by atoms with van der Waals surface area (Å²) >= 11 is 0. The molecule has 0 unspecified atom stereocenters. The molecular formula is C23H31FN4O. The molecule has 0 saturated carbocycles. The number of amides is 1. The first kappa shape index (κ1) is 21.1. The monoisotopic (exact) mass is 398 g/mol. The molecule has 1 N–H and O–H groups in total. The van der Waals surface area contributed by atoms with Gasteiger partial charge in [0.15, 0.2) is 0 Å². The third-order valence-electron chi connectivity index (χ3n) is 5.55. The molecule has 0 spiro atoms. The van der Waals surface area contributed by atoms with Gasteiger partial charge in [0.1, 0.15) is 5.82 Å². The molecule has 1 aliphatic heterocycles. The lowest BCUT2D eigenvalue weighted by molar-refractivity contribution is -0.117. The van der Waals surface area contributed by atoms with E-state index >= 15 is 0 Å². The number of nitrogens with one attached hydrogen (secondary N) is 1. The molecule has 1 amide bonds. The predicted octanol–water partition coefficient (Wildman–Crippen LogP) is 3.74. The number of piperazine rings is 1. The Morgan fingerprint density at radius 3 is 2.38 bits per heavy atom. The standard InChI is InChI=1S/C23H31FN4O/c1-4-27(5-2)19-10-11-21(18(3)16-19)25-23(29)17-26-12-14-28(15-13-26)22-9-7-6-8-20(22)24/h6-11,16H,4-5,12-15,17H2,1-3H3,(H,25,29). The summed E-state index contributed by atoms with van der Waals surface area (Å²) in [6.45, 7) is 11.5. The van der Waals surface area contributed by atoms with E-state index in [-0.39, 0.29) is 11.7 Å². The molecule has 3 rings (SSSR count). The van der Waals surface area contributed by atoms with Crippen LogP contribution in [0.2, 0.25) is 0 Å². The van der Waals surface area contributed by atoms with Crippen LogP contribution >= 0.6 is 0 Å². The minimum Gasteiger partial charge on any atom is -0.372 e. The Labute approximate surface area is 173 Å². The Hall–Kier alpha value is -2.60. The molecule has 0 bridgehead atoms. The molecular weight excluding hydrogens is 367 g/mol. The Morgan fingerprint density at radius 1 is 1.07 bits per heavy atom. The number of benzene rings is 2.